The number of imidazole rings is 1. The summed E-state index contributed by atoms with van der Waals surface area (Å²) in [6.07, 6.45) is 4.96. The fourth-order valence-electron chi connectivity index (χ4n) is 3.30. The second kappa shape index (κ2) is 10.0. The van der Waals surface area contributed by atoms with Crippen molar-refractivity contribution in [2.45, 2.75) is 50.7 Å². The predicted octanol–water partition coefficient (Wildman–Crippen LogP) is 6.30. The van der Waals surface area contributed by atoms with E-state index in [2.05, 4.69) is 9.55 Å². The van der Waals surface area contributed by atoms with E-state index < -0.39 is 0 Å². The molecule has 2 N–H and O–H groups in total. The average Bonchev–Trinajstić information content (AvgIpc) is 3.09. The topological polar surface area (TPSA) is 66.0 Å². The molecule has 0 saturated heterocycles. The van der Waals surface area contributed by atoms with Gasteiger partial charge >= 0.3 is 0 Å². The molecular weight excluding hydrogens is 427 g/mol. The molecule has 0 fully saturated rings. The minimum Gasteiger partial charge on any atom is -0.382 e. The van der Waals surface area contributed by atoms with Crippen molar-refractivity contribution in [3.63, 3.8) is 0 Å². The highest BCUT2D eigenvalue weighted by atomic mass is 35.5. The Morgan fingerprint density at radius 2 is 2.03 bits per heavy atom. The van der Waals surface area contributed by atoms with Gasteiger partial charge in [0, 0.05) is 29.8 Å². The molecule has 1 atom stereocenters. The highest BCUT2D eigenvalue weighted by Crippen LogP contribution is 2.31. The number of unbranched alkanes of at least 4 members (excludes halogenated alkanes) is 2. The predicted molar refractivity (Wildman–Crippen MR) is 123 cm³/mol. The third-order valence-electron chi connectivity index (χ3n) is 4.91. The molecule has 0 spiro atoms. The van der Waals surface area contributed by atoms with Gasteiger partial charge in [0.2, 0.25) is 0 Å². The van der Waals surface area contributed by atoms with E-state index >= 15 is 0 Å². The van der Waals surface area contributed by atoms with Crippen LogP contribution in [0.1, 0.15) is 43.7 Å². The minimum atomic E-state index is -0.108. The van der Waals surface area contributed by atoms with Gasteiger partial charge in [0.25, 0.3) is 0 Å². The molecule has 8 heteroatoms. The standard InChI is InChI=1S/C21H26Cl2N4OS/c1-13-12-25-20(24)18-19(13)27(21(26-18)14(2)28-3)9-5-4-6-10-29-17-8-7-15(22)11-16(17)23/h7-8,11-12,14H,4-6,9-10H2,1-3H3,(H2,24,25). The molecule has 0 saturated carbocycles. The van der Waals surface area contributed by atoms with E-state index in [1.165, 1.54) is 0 Å². The molecule has 3 aromatic rings. The highest BCUT2D eigenvalue weighted by molar-refractivity contribution is 7.99. The Morgan fingerprint density at radius 3 is 2.76 bits per heavy atom. The van der Waals surface area contributed by atoms with E-state index in [-0.39, 0.29) is 6.10 Å². The lowest BCUT2D eigenvalue weighted by Gasteiger charge is -2.14. The number of benzene rings is 1. The van der Waals surface area contributed by atoms with E-state index in [0.29, 0.717) is 15.9 Å². The summed E-state index contributed by atoms with van der Waals surface area (Å²) in [5, 5.41) is 1.38. The zero-order valence-corrected chi connectivity index (χ0v) is 19.2. The first-order valence-corrected chi connectivity index (χ1v) is 11.4. The third-order valence-corrected chi connectivity index (χ3v) is 6.72. The average molecular weight is 453 g/mol. The van der Waals surface area contributed by atoms with Crippen molar-refractivity contribution in [1.82, 2.24) is 14.5 Å². The first-order chi connectivity index (χ1) is 13.9. The molecule has 5 nitrogen and oxygen atoms in total. The van der Waals surface area contributed by atoms with Crippen LogP contribution in [0.25, 0.3) is 11.0 Å². The summed E-state index contributed by atoms with van der Waals surface area (Å²) in [5.41, 5.74) is 8.96. The number of hydrogen-bond acceptors (Lipinski definition) is 5. The molecule has 0 radical (unpaired) electrons. The van der Waals surface area contributed by atoms with E-state index in [1.54, 1.807) is 24.9 Å². The molecule has 0 aliphatic rings. The lowest BCUT2D eigenvalue weighted by Crippen LogP contribution is -2.09. The number of thioether (sulfide) groups is 1. The van der Waals surface area contributed by atoms with Gasteiger partial charge in [-0.3, -0.25) is 0 Å². The number of rotatable bonds is 9. The number of aromatic nitrogens is 3. The van der Waals surface area contributed by atoms with Gasteiger partial charge in [-0.2, -0.15) is 0 Å². The van der Waals surface area contributed by atoms with Gasteiger partial charge in [-0.1, -0.05) is 29.6 Å². The number of aryl methyl sites for hydroxylation is 2. The van der Waals surface area contributed by atoms with Crippen LogP contribution < -0.4 is 5.73 Å². The van der Waals surface area contributed by atoms with Gasteiger partial charge in [-0.15, -0.1) is 11.8 Å². The largest absolute Gasteiger partial charge is 0.382 e. The molecule has 0 bridgehead atoms. The number of nitrogens with zero attached hydrogens (tertiary/aromatic N) is 3. The number of pyridine rings is 1. The number of fused-ring (bicyclic) bond motifs is 1. The third kappa shape index (κ3) is 5.18. The van der Waals surface area contributed by atoms with Crippen LogP contribution in [0.2, 0.25) is 10.0 Å². The van der Waals surface area contributed by atoms with Crippen molar-refractivity contribution in [2.24, 2.45) is 0 Å². The van der Waals surface area contributed by atoms with Crippen LogP contribution in [0.15, 0.2) is 29.3 Å². The first kappa shape index (κ1) is 22.2. The van der Waals surface area contributed by atoms with E-state index in [0.717, 1.165) is 58.9 Å². The Kier molecular flexibility index (Phi) is 7.68. The second-order valence-corrected chi connectivity index (χ2v) is 8.99. The molecule has 2 aromatic heterocycles. The summed E-state index contributed by atoms with van der Waals surface area (Å²) in [6, 6.07) is 5.64. The zero-order valence-electron chi connectivity index (χ0n) is 16.9. The van der Waals surface area contributed by atoms with Gasteiger partial charge in [0.1, 0.15) is 17.4 Å². The van der Waals surface area contributed by atoms with Crippen molar-refractivity contribution < 1.29 is 4.74 Å². The molecule has 1 unspecified atom stereocenters. The van der Waals surface area contributed by atoms with Gasteiger partial charge in [-0.05, 0) is 56.2 Å². The van der Waals surface area contributed by atoms with Crippen LogP contribution >= 0.6 is 35.0 Å². The fraction of sp³-hybridized carbons (Fsp3) is 0.429. The summed E-state index contributed by atoms with van der Waals surface area (Å²) in [7, 11) is 1.70. The SMILES string of the molecule is COC(C)c1nc2c(N)ncc(C)c2n1CCCCCSc1ccc(Cl)cc1Cl. The normalized spacial score (nSPS) is 12.6. The molecule has 0 amide bonds. The Morgan fingerprint density at radius 1 is 1.24 bits per heavy atom. The van der Waals surface area contributed by atoms with Crippen molar-refractivity contribution in [3.8, 4) is 0 Å². The number of hydrogen-bond donors (Lipinski definition) is 1. The number of nitrogens with two attached hydrogens (primary N) is 1. The van der Waals surface area contributed by atoms with Crippen molar-refractivity contribution in [1.29, 1.82) is 0 Å². The highest BCUT2D eigenvalue weighted by Gasteiger charge is 2.19. The molecular formula is C21H26Cl2N4OS. The second-order valence-electron chi connectivity index (χ2n) is 7.01. The van der Waals surface area contributed by atoms with Crippen LogP contribution in [0.4, 0.5) is 5.82 Å². The van der Waals surface area contributed by atoms with Crippen molar-refractivity contribution >= 4 is 51.8 Å². The lowest BCUT2D eigenvalue weighted by atomic mass is 10.2. The number of anilines is 1. The summed E-state index contributed by atoms with van der Waals surface area (Å²) < 4.78 is 7.77. The Hall–Kier alpha value is -1.47. The van der Waals surface area contributed by atoms with Crippen LogP contribution in [0, 0.1) is 6.92 Å². The summed E-state index contributed by atoms with van der Waals surface area (Å²) >= 11 is 14.0. The number of halogens is 2. The quantitative estimate of drug-likeness (QED) is 0.304. The molecule has 2 heterocycles. The van der Waals surface area contributed by atoms with Crippen LogP contribution in [0.3, 0.4) is 0 Å². The van der Waals surface area contributed by atoms with Crippen molar-refractivity contribution in [3.05, 3.63) is 45.8 Å². The number of methoxy groups -OCH3 is 1. The van der Waals surface area contributed by atoms with Gasteiger partial charge in [-0.25, -0.2) is 9.97 Å². The molecule has 0 aliphatic heterocycles. The summed E-state index contributed by atoms with van der Waals surface area (Å²) in [6.45, 7) is 4.92. The van der Waals surface area contributed by atoms with E-state index in [4.69, 9.17) is 38.7 Å². The minimum absolute atomic E-state index is 0.108. The maximum atomic E-state index is 6.24. The molecule has 29 heavy (non-hydrogen) atoms. The summed E-state index contributed by atoms with van der Waals surface area (Å²) in [5.74, 6) is 2.38. The van der Waals surface area contributed by atoms with Gasteiger partial charge in [0.15, 0.2) is 5.82 Å². The summed E-state index contributed by atoms with van der Waals surface area (Å²) in [4.78, 5) is 10.1. The molecule has 3 rings (SSSR count). The Bertz CT molecular complexity index is 992. The monoisotopic (exact) mass is 452 g/mol. The maximum Gasteiger partial charge on any atom is 0.151 e. The lowest BCUT2D eigenvalue weighted by molar-refractivity contribution is 0.109. The maximum absolute atomic E-state index is 6.24. The first-order valence-electron chi connectivity index (χ1n) is 9.64. The molecule has 0 aliphatic carbocycles. The van der Waals surface area contributed by atoms with Crippen LogP contribution in [-0.4, -0.2) is 27.4 Å². The fourth-order valence-corrected chi connectivity index (χ4v) is 4.80. The van der Waals surface area contributed by atoms with Crippen LogP contribution in [-0.2, 0) is 11.3 Å². The van der Waals surface area contributed by atoms with Gasteiger partial charge < -0.3 is 15.0 Å². The zero-order chi connectivity index (χ0) is 21.0. The Labute approximate surface area is 185 Å². The van der Waals surface area contributed by atoms with Crippen molar-refractivity contribution in [2.75, 3.05) is 18.6 Å². The van der Waals surface area contributed by atoms with Crippen LogP contribution in [0.5, 0.6) is 0 Å². The van der Waals surface area contributed by atoms with E-state index in [1.807, 2.05) is 32.2 Å². The van der Waals surface area contributed by atoms with E-state index in [9.17, 15) is 0 Å². The molecule has 1 aromatic carbocycles. The number of nitrogen functional groups attached to an aromatic ring is 1. The smallest absolute Gasteiger partial charge is 0.151 e. The van der Waals surface area contributed by atoms with Gasteiger partial charge in [0.05, 0.1) is 10.5 Å². The Balaban J connectivity index is 1.62. The number of ether oxygens (including phenoxy) is 1. The molecule has 156 valence electrons.